The zero-order valence-electron chi connectivity index (χ0n) is 16.3. The Morgan fingerprint density at radius 2 is 2.03 bits per heavy atom. The second-order valence-electron chi connectivity index (χ2n) is 7.10. The molecule has 0 aliphatic carbocycles. The average molecular weight is 410 g/mol. The van der Waals surface area contributed by atoms with Crippen LogP contribution in [0.5, 0.6) is 0 Å². The van der Waals surface area contributed by atoms with Crippen molar-refractivity contribution in [3.8, 4) is 22.0 Å². The van der Waals surface area contributed by atoms with Crippen molar-refractivity contribution >= 4 is 28.3 Å². The molecule has 0 saturated carbocycles. The lowest BCUT2D eigenvalue weighted by molar-refractivity contribution is -0.134. The third kappa shape index (κ3) is 4.37. The second kappa shape index (κ2) is 8.57. The van der Waals surface area contributed by atoms with Gasteiger partial charge in [-0.3, -0.25) is 9.59 Å². The number of amides is 2. The summed E-state index contributed by atoms with van der Waals surface area (Å²) in [5, 5.41) is 3.39. The van der Waals surface area contributed by atoms with E-state index in [-0.39, 0.29) is 18.4 Å². The molecule has 0 bridgehead atoms. The van der Waals surface area contributed by atoms with Crippen LogP contribution in [0.1, 0.15) is 25.7 Å². The normalized spacial score (nSPS) is 14.7. The fourth-order valence-electron chi connectivity index (χ4n) is 3.44. The van der Waals surface area contributed by atoms with Crippen molar-refractivity contribution in [1.82, 2.24) is 19.4 Å². The molecule has 2 amide bonds. The van der Waals surface area contributed by atoms with E-state index in [1.165, 1.54) is 11.3 Å². The largest absolute Gasteiger partial charge is 0.333 e. The monoisotopic (exact) mass is 409 g/mol. The summed E-state index contributed by atoms with van der Waals surface area (Å²) in [5.41, 5.74) is 1.75. The summed E-state index contributed by atoms with van der Waals surface area (Å²) in [6.07, 6.45) is 7.02. The number of likely N-dealkylation sites (tertiary alicyclic amines) is 1. The van der Waals surface area contributed by atoms with Crippen LogP contribution in [-0.4, -0.2) is 44.3 Å². The molecule has 0 radical (unpaired) electrons. The molecular formula is C21H23N5O2S. The molecule has 1 aliphatic heterocycles. The Labute approximate surface area is 173 Å². The Balaban J connectivity index is 1.58. The van der Waals surface area contributed by atoms with Gasteiger partial charge in [0.05, 0.1) is 17.1 Å². The Bertz CT molecular complexity index is 1010. The fourth-order valence-corrected chi connectivity index (χ4v) is 4.48. The van der Waals surface area contributed by atoms with Crippen molar-refractivity contribution in [1.29, 1.82) is 0 Å². The van der Waals surface area contributed by atoms with E-state index in [0.717, 1.165) is 41.2 Å². The standard InChI is InChI=1S/C21H23N5O2S/c1-25-13-11-22-20(25)19-18(15-8-4-2-5-9-15)24-21(29-19)23-16(27)14-26-12-7-3-6-10-17(26)28/h2,4-5,8-9,11,13H,3,6-7,10,12,14H2,1H3,(H,23,24,27). The van der Waals surface area contributed by atoms with E-state index < -0.39 is 0 Å². The van der Waals surface area contributed by atoms with Gasteiger partial charge < -0.3 is 14.8 Å². The van der Waals surface area contributed by atoms with E-state index >= 15 is 0 Å². The van der Waals surface area contributed by atoms with Gasteiger partial charge in [0.15, 0.2) is 11.0 Å². The van der Waals surface area contributed by atoms with Crippen LogP contribution >= 0.6 is 11.3 Å². The third-order valence-electron chi connectivity index (χ3n) is 4.95. The van der Waals surface area contributed by atoms with Crippen LogP contribution < -0.4 is 5.32 Å². The highest BCUT2D eigenvalue weighted by Crippen LogP contribution is 2.38. The maximum Gasteiger partial charge on any atom is 0.245 e. The minimum Gasteiger partial charge on any atom is -0.333 e. The number of hydrogen-bond acceptors (Lipinski definition) is 5. The molecule has 1 aromatic carbocycles. The van der Waals surface area contributed by atoms with E-state index in [1.807, 2.05) is 48.1 Å². The van der Waals surface area contributed by atoms with E-state index in [2.05, 4.69) is 15.3 Å². The molecule has 7 nitrogen and oxygen atoms in total. The lowest BCUT2D eigenvalue weighted by atomic mass is 10.1. The maximum absolute atomic E-state index is 12.6. The van der Waals surface area contributed by atoms with Gasteiger partial charge in [0.1, 0.15) is 0 Å². The van der Waals surface area contributed by atoms with Crippen LogP contribution in [0.15, 0.2) is 42.7 Å². The summed E-state index contributed by atoms with van der Waals surface area (Å²) < 4.78 is 1.93. The van der Waals surface area contributed by atoms with Crippen LogP contribution in [-0.2, 0) is 16.6 Å². The number of rotatable bonds is 5. The molecule has 29 heavy (non-hydrogen) atoms. The highest BCUT2D eigenvalue weighted by atomic mass is 32.1. The zero-order chi connectivity index (χ0) is 20.2. The van der Waals surface area contributed by atoms with Gasteiger partial charge in [-0.1, -0.05) is 48.1 Å². The van der Waals surface area contributed by atoms with Gasteiger partial charge in [-0.2, -0.15) is 0 Å². The van der Waals surface area contributed by atoms with Crippen LogP contribution in [0.3, 0.4) is 0 Å². The summed E-state index contributed by atoms with van der Waals surface area (Å²) in [6, 6.07) is 9.85. The predicted molar refractivity (Wildman–Crippen MR) is 113 cm³/mol. The van der Waals surface area contributed by atoms with Crippen LogP contribution in [0.25, 0.3) is 22.0 Å². The van der Waals surface area contributed by atoms with E-state index in [0.29, 0.717) is 18.1 Å². The summed E-state index contributed by atoms with van der Waals surface area (Å²) >= 11 is 1.39. The molecule has 1 aliphatic rings. The molecule has 8 heteroatoms. The van der Waals surface area contributed by atoms with Crippen LogP contribution in [0, 0.1) is 0 Å². The predicted octanol–water partition coefficient (Wildman–Crippen LogP) is 3.55. The molecular weight excluding hydrogens is 386 g/mol. The van der Waals surface area contributed by atoms with Gasteiger partial charge in [-0.15, -0.1) is 0 Å². The number of anilines is 1. The number of nitrogens with one attached hydrogen (secondary N) is 1. The molecule has 2 aromatic heterocycles. The Hall–Kier alpha value is -3.00. The van der Waals surface area contributed by atoms with Gasteiger partial charge in [-0.25, -0.2) is 9.97 Å². The van der Waals surface area contributed by atoms with Gasteiger partial charge >= 0.3 is 0 Å². The Kier molecular flexibility index (Phi) is 5.71. The smallest absolute Gasteiger partial charge is 0.245 e. The zero-order valence-corrected chi connectivity index (χ0v) is 17.1. The van der Waals surface area contributed by atoms with E-state index in [9.17, 15) is 9.59 Å². The Morgan fingerprint density at radius 1 is 1.21 bits per heavy atom. The van der Waals surface area contributed by atoms with Gasteiger partial charge in [-0.05, 0) is 12.8 Å². The third-order valence-corrected chi connectivity index (χ3v) is 5.92. The summed E-state index contributed by atoms with van der Waals surface area (Å²) in [6.45, 7) is 0.703. The molecule has 0 unspecified atom stereocenters. The highest BCUT2D eigenvalue weighted by molar-refractivity contribution is 7.19. The molecule has 1 saturated heterocycles. The minimum absolute atomic E-state index is 0.0514. The molecule has 3 heterocycles. The summed E-state index contributed by atoms with van der Waals surface area (Å²) in [5.74, 6) is 0.625. The molecule has 1 N–H and O–H groups in total. The SMILES string of the molecule is Cn1ccnc1-c1sc(NC(=O)CN2CCCCCC2=O)nc1-c1ccccc1. The van der Waals surface area contributed by atoms with Gasteiger partial charge in [0.25, 0.3) is 0 Å². The highest BCUT2D eigenvalue weighted by Gasteiger charge is 2.22. The van der Waals surface area contributed by atoms with Crippen molar-refractivity contribution < 1.29 is 9.59 Å². The van der Waals surface area contributed by atoms with E-state index in [4.69, 9.17) is 0 Å². The molecule has 3 aromatic rings. The molecule has 1 fully saturated rings. The first-order valence-corrected chi connectivity index (χ1v) is 10.5. The summed E-state index contributed by atoms with van der Waals surface area (Å²) in [4.78, 5) is 36.4. The molecule has 4 rings (SSSR count). The number of imidazole rings is 1. The van der Waals surface area contributed by atoms with Crippen molar-refractivity contribution in [2.75, 3.05) is 18.4 Å². The quantitative estimate of drug-likeness (QED) is 0.699. The van der Waals surface area contributed by atoms with Gasteiger partial charge in [0.2, 0.25) is 11.8 Å². The van der Waals surface area contributed by atoms with Crippen molar-refractivity contribution in [2.24, 2.45) is 7.05 Å². The lowest BCUT2D eigenvalue weighted by Crippen LogP contribution is -2.37. The van der Waals surface area contributed by atoms with Crippen molar-refractivity contribution in [3.63, 3.8) is 0 Å². The van der Waals surface area contributed by atoms with Crippen molar-refractivity contribution in [3.05, 3.63) is 42.7 Å². The number of hydrogen-bond donors (Lipinski definition) is 1. The first-order valence-electron chi connectivity index (χ1n) is 9.73. The first-order chi connectivity index (χ1) is 14.1. The number of thiazole rings is 1. The van der Waals surface area contributed by atoms with Crippen LogP contribution in [0.4, 0.5) is 5.13 Å². The topological polar surface area (TPSA) is 80.1 Å². The minimum atomic E-state index is -0.222. The number of carbonyl (C=O) groups is 2. The molecule has 150 valence electrons. The average Bonchev–Trinajstić information content (AvgIpc) is 3.27. The number of benzene rings is 1. The van der Waals surface area contributed by atoms with Crippen molar-refractivity contribution in [2.45, 2.75) is 25.7 Å². The Morgan fingerprint density at radius 3 is 2.79 bits per heavy atom. The lowest BCUT2D eigenvalue weighted by Gasteiger charge is -2.19. The number of carbonyl (C=O) groups excluding carboxylic acids is 2. The fraction of sp³-hybridized carbons (Fsp3) is 0.333. The molecule has 0 spiro atoms. The van der Waals surface area contributed by atoms with E-state index in [1.54, 1.807) is 11.1 Å². The summed E-state index contributed by atoms with van der Waals surface area (Å²) in [7, 11) is 1.93. The number of aryl methyl sites for hydroxylation is 1. The number of nitrogens with zero attached hydrogens (tertiary/aromatic N) is 4. The maximum atomic E-state index is 12.6. The number of aromatic nitrogens is 3. The van der Waals surface area contributed by atoms with Crippen LogP contribution in [0.2, 0.25) is 0 Å². The first kappa shape index (κ1) is 19.3. The molecule has 0 atom stereocenters. The second-order valence-corrected chi connectivity index (χ2v) is 8.10. The van der Waals surface area contributed by atoms with Gasteiger partial charge in [0, 0.05) is 38.0 Å².